The molecule has 8 nitrogen and oxygen atoms in total. The van der Waals surface area contributed by atoms with Gasteiger partial charge in [0.05, 0.1) is 49.3 Å². The molecule has 0 spiro atoms. The van der Waals surface area contributed by atoms with Crippen LogP contribution in [0.25, 0.3) is 0 Å². The van der Waals surface area contributed by atoms with Crippen LogP contribution in [0.3, 0.4) is 0 Å². The van der Waals surface area contributed by atoms with Gasteiger partial charge >= 0.3 is 0 Å². The summed E-state index contributed by atoms with van der Waals surface area (Å²) in [5.74, 6) is 0.393. The van der Waals surface area contributed by atoms with E-state index < -0.39 is 0 Å². The third kappa shape index (κ3) is 10.3. The highest BCUT2D eigenvalue weighted by Gasteiger charge is 2.56. The van der Waals surface area contributed by atoms with Gasteiger partial charge in [0.1, 0.15) is 0 Å². The Kier molecular flexibility index (Phi) is 14.6. The molecular formula is C72H80N8. The zero-order chi connectivity index (χ0) is 54.8. The van der Waals surface area contributed by atoms with Crippen LogP contribution >= 0.6 is 0 Å². The second-order valence-electron chi connectivity index (χ2n) is 24.7. The number of nitrogens with one attached hydrogen (secondary N) is 8. The average Bonchev–Trinajstić information content (AvgIpc) is 4.40. The Morgan fingerprint density at radius 2 is 0.287 bits per heavy atom. The van der Waals surface area contributed by atoms with Gasteiger partial charge in [-0.2, -0.15) is 0 Å². The molecule has 5 aliphatic heterocycles. The van der Waals surface area contributed by atoms with Crippen molar-refractivity contribution in [2.45, 2.75) is 152 Å². The van der Waals surface area contributed by atoms with Gasteiger partial charge in [0.2, 0.25) is 0 Å². The Bertz CT molecular complexity index is 2840. The standard InChI is InChI=1S/C72H80N8/c1-41-17-9-25-49(33-41)57-58(50-26-10-18-42(2)34-50)66-73-65(57)77-67-59(51-27-11-19-43(3)35-51)60(52-28-12-20-44(4)36-52)69(74-67)79-71-63(55-31-15-23-47(7)39-55)64(56-32-16-24-48(8)40-56)72(76-71)80-70-62(54-30-14-22-46(6)38-54)61(68(75-70)78-66)53-29-13-21-45(5)37-53/h9-40,57-80H,1-8H3. The molecule has 0 aromatic heterocycles. The SMILES string of the molecule is Cc1cccc(C2C3NC(NC4NC(NC5NC(NC6NC(N3)C(c3cccc(C)c3)C6c3cccc(C)c3)C(c3cccc(C)c3)C5c3cccc(C)c3)C(c3cccc(C)c3)C4c3cccc(C)c3)C2c2cccc(C)c2)c1. The first-order valence-electron chi connectivity index (χ1n) is 29.5. The number of fused-ring (bicyclic) bond motifs is 8. The molecule has 8 aromatic carbocycles. The monoisotopic (exact) mass is 1060 g/mol. The van der Waals surface area contributed by atoms with Crippen LogP contribution in [0, 0.1) is 55.4 Å². The third-order valence-corrected chi connectivity index (χ3v) is 18.7. The number of hydrogen-bond acceptors (Lipinski definition) is 8. The lowest BCUT2D eigenvalue weighted by molar-refractivity contribution is 0.281. The van der Waals surface area contributed by atoms with Crippen molar-refractivity contribution in [3.63, 3.8) is 0 Å². The summed E-state index contributed by atoms with van der Waals surface area (Å²) in [5.41, 5.74) is 20.7. The molecule has 8 unspecified atom stereocenters. The van der Waals surface area contributed by atoms with E-state index in [4.69, 9.17) is 0 Å². The minimum atomic E-state index is -0.144. The molecule has 5 saturated heterocycles. The first kappa shape index (κ1) is 52.8. The quantitative estimate of drug-likeness (QED) is 0.0763. The summed E-state index contributed by atoms with van der Waals surface area (Å²) in [6, 6.07) is 74.4. The molecule has 0 radical (unpaired) electrons. The maximum Gasteiger partial charge on any atom is 0.0673 e. The lowest BCUT2D eigenvalue weighted by atomic mass is 9.77. The molecule has 408 valence electrons. The Morgan fingerprint density at radius 1 is 0.175 bits per heavy atom. The van der Waals surface area contributed by atoms with Crippen molar-refractivity contribution < 1.29 is 0 Å². The second-order valence-corrected chi connectivity index (χ2v) is 24.7. The van der Waals surface area contributed by atoms with Gasteiger partial charge in [-0.05, 0) is 99.9 Å². The van der Waals surface area contributed by atoms with E-state index in [1.54, 1.807) is 0 Å². The summed E-state index contributed by atoms with van der Waals surface area (Å²) >= 11 is 0. The lowest BCUT2D eigenvalue weighted by Gasteiger charge is -2.33. The molecule has 0 aliphatic carbocycles. The fourth-order valence-corrected chi connectivity index (χ4v) is 15.5. The Hall–Kier alpha value is -6.56. The van der Waals surface area contributed by atoms with E-state index in [9.17, 15) is 0 Å². The molecule has 8 heteroatoms. The summed E-state index contributed by atoms with van der Waals surface area (Å²) in [6.07, 6.45) is -1.15. The summed E-state index contributed by atoms with van der Waals surface area (Å²) in [4.78, 5) is 0. The van der Waals surface area contributed by atoms with E-state index in [1.165, 1.54) is 89.0 Å². The topological polar surface area (TPSA) is 96.2 Å². The van der Waals surface area contributed by atoms with Crippen LogP contribution in [0.4, 0.5) is 0 Å². The van der Waals surface area contributed by atoms with Crippen LogP contribution in [0.2, 0.25) is 0 Å². The molecule has 8 bridgehead atoms. The minimum Gasteiger partial charge on any atom is -0.285 e. The highest BCUT2D eigenvalue weighted by molar-refractivity contribution is 5.44. The number of rotatable bonds is 8. The summed E-state index contributed by atoms with van der Waals surface area (Å²) < 4.78 is 0. The zero-order valence-electron chi connectivity index (χ0n) is 47.7. The Balaban J connectivity index is 1.05. The van der Waals surface area contributed by atoms with Gasteiger partial charge in [-0.3, -0.25) is 42.5 Å². The Labute approximate surface area is 475 Å². The van der Waals surface area contributed by atoms with Crippen LogP contribution in [0.5, 0.6) is 0 Å². The maximum atomic E-state index is 4.50. The van der Waals surface area contributed by atoms with E-state index in [1.807, 2.05) is 0 Å². The van der Waals surface area contributed by atoms with E-state index in [2.05, 4.69) is 292 Å². The third-order valence-electron chi connectivity index (χ3n) is 18.7. The minimum absolute atomic E-state index is 0.0491. The molecule has 5 heterocycles. The number of aryl methyl sites for hydroxylation is 8. The van der Waals surface area contributed by atoms with Gasteiger partial charge in [0.25, 0.3) is 0 Å². The van der Waals surface area contributed by atoms with E-state index in [0.29, 0.717) is 0 Å². The maximum absolute atomic E-state index is 4.50. The molecule has 80 heavy (non-hydrogen) atoms. The van der Waals surface area contributed by atoms with Crippen LogP contribution in [-0.2, 0) is 0 Å². The van der Waals surface area contributed by atoms with Gasteiger partial charge in [-0.15, -0.1) is 0 Å². The first-order valence-corrected chi connectivity index (χ1v) is 29.5. The van der Waals surface area contributed by atoms with Gasteiger partial charge in [0, 0.05) is 47.3 Å². The van der Waals surface area contributed by atoms with Gasteiger partial charge in [0.15, 0.2) is 0 Å². The highest BCUT2D eigenvalue weighted by Crippen LogP contribution is 2.51. The van der Waals surface area contributed by atoms with Crippen LogP contribution < -0.4 is 42.5 Å². The van der Waals surface area contributed by atoms with Crippen molar-refractivity contribution in [1.82, 2.24) is 42.5 Å². The van der Waals surface area contributed by atoms with Crippen LogP contribution in [0.1, 0.15) is 136 Å². The molecule has 5 aliphatic rings. The normalized spacial score (nSPS) is 31.1. The summed E-state index contributed by atoms with van der Waals surface area (Å²) in [6.45, 7) is 17.9. The van der Waals surface area contributed by atoms with Gasteiger partial charge < -0.3 is 0 Å². The van der Waals surface area contributed by atoms with Crippen molar-refractivity contribution in [3.05, 3.63) is 283 Å². The smallest absolute Gasteiger partial charge is 0.0673 e. The first-order chi connectivity index (χ1) is 38.9. The highest BCUT2D eigenvalue weighted by atomic mass is 15.4. The predicted octanol–water partition coefficient (Wildman–Crippen LogP) is 12.1. The number of hydrogen-bond donors (Lipinski definition) is 8. The van der Waals surface area contributed by atoms with Crippen molar-refractivity contribution in [1.29, 1.82) is 0 Å². The summed E-state index contributed by atoms with van der Waals surface area (Å²) in [5, 5.41) is 35.6. The average molecular weight is 1060 g/mol. The fraction of sp³-hybridized carbons (Fsp3) is 0.333. The van der Waals surface area contributed by atoms with E-state index in [0.717, 1.165) is 0 Å². The summed E-state index contributed by atoms with van der Waals surface area (Å²) in [7, 11) is 0. The largest absolute Gasteiger partial charge is 0.285 e. The van der Waals surface area contributed by atoms with Crippen LogP contribution in [-0.4, -0.2) is 49.3 Å². The van der Waals surface area contributed by atoms with Crippen molar-refractivity contribution in [3.8, 4) is 0 Å². The van der Waals surface area contributed by atoms with E-state index >= 15 is 0 Å². The molecule has 0 amide bonds. The molecule has 8 N–H and O–H groups in total. The molecular weight excluding hydrogens is 977 g/mol. The lowest BCUT2D eigenvalue weighted by Crippen LogP contribution is -2.61. The molecule has 13 rings (SSSR count). The fourth-order valence-electron chi connectivity index (χ4n) is 15.5. The van der Waals surface area contributed by atoms with Crippen molar-refractivity contribution in [2.75, 3.05) is 0 Å². The van der Waals surface area contributed by atoms with Crippen molar-refractivity contribution in [2.24, 2.45) is 0 Å². The van der Waals surface area contributed by atoms with Crippen LogP contribution in [0.15, 0.2) is 194 Å². The molecule has 8 aromatic rings. The van der Waals surface area contributed by atoms with Crippen molar-refractivity contribution >= 4 is 0 Å². The number of benzene rings is 8. The molecule has 0 saturated carbocycles. The predicted molar refractivity (Wildman–Crippen MR) is 327 cm³/mol. The molecule has 5 fully saturated rings. The molecule has 8 atom stereocenters. The Morgan fingerprint density at radius 3 is 0.388 bits per heavy atom. The van der Waals surface area contributed by atoms with E-state index in [-0.39, 0.29) is 96.7 Å². The van der Waals surface area contributed by atoms with Gasteiger partial charge in [-0.1, -0.05) is 239 Å². The zero-order valence-corrected chi connectivity index (χ0v) is 47.7. The van der Waals surface area contributed by atoms with Gasteiger partial charge in [-0.25, -0.2) is 0 Å². The second kappa shape index (κ2) is 22.1.